The van der Waals surface area contributed by atoms with Gasteiger partial charge in [0.05, 0.1) is 16.9 Å². The van der Waals surface area contributed by atoms with Crippen LogP contribution in [-0.2, 0) is 24.2 Å². The maximum Gasteiger partial charge on any atom is 0.254 e. The number of oxazole rings is 1. The molecule has 2 aromatic heterocycles. The number of nitrogens with zero attached hydrogens (tertiary/aromatic N) is 4. The van der Waals surface area contributed by atoms with Crippen molar-refractivity contribution in [3.05, 3.63) is 33.4 Å². The number of hydrogen-bond acceptors (Lipinski definition) is 6. The van der Waals surface area contributed by atoms with Crippen LogP contribution in [0.15, 0.2) is 15.6 Å². The summed E-state index contributed by atoms with van der Waals surface area (Å²) < 4.78 is 31.8. The highest BCUT2D eigenvalue weighted by atomic mass is 32.1. The predicted molar refractivity (Wildman–Crippen MR) is 127 cm³/mol. The number of carbonyl (C=O) groups is 1. The standard InChI is InChI=1S/C25H32F2N4O2S/c1-16-13-29-23(33-16)10-22(32)28-14-18-4-2-17(3-5-18)6-8-31-9-7-21-20(15-31)30-24(34-21)19-11-25(26,27)12-19/h13-14,17-19H,2-12,15H2,1H3. The molecule has 0 radical (unpaired) electrons. The minimum atomic E-state index is -2.49. The van der Waals surface area contributed by atoms with Crippen molar-refractivity contribution >= 4 is 23.5 Å². The van der Waals surface area contributed by atoms with Crippen LogP contribution in [0.5, 0.6) is 0 Å². The molecule has 3 aliphatic rings. The molecule has 0 bridgehead atoms. The summed E-state index contributed by atoms with van der Waals surface area (Å²) in [6.07, 6.45) is 10.1. The van der Waals surface area contributed by atoms with Crippen LogP contribution in [0.25, 0.3) is 0 Å². The van der Waals surface area contributed by atoms with Gasteiger partial charge < -0.3 is 4.42 Å². The Morgan fingerprint density at radius 2 is 2.12 bits per heavy atom. The number of rotatable bonds is 7. The largest absolute Gasteiger partial charge is 0.445 e. The van der Waals surface area contributed by atoms with E-state index in [-0.39, 0.29) is 31.1 Å². The van der Waals surface area contributed by atoms with Crippen LogP contribution in [-0.4, -0.2) is 46.0 Å². The minimum absolute atomic E-state index is 0.0362. The van der Waals surface area contributed by atoms with E-state index in [0.29, 0.717) is 23.5 Å². The molecule has 0 aromatic carbocycles. The van der Waals surface area contributed by atoms with Gasteiger partial charge in [-0.15, -0.1) is 11.3 Å². The van der Waals surface area contributed by atoms with E-state index in [4.69, 9.17) is 9.40 Å². The van der Waals surface area contributed by atoms with E-state index in [1.807, 2.05) is 13.1 Å². The molecule has 184 valence electrons. The highest BCUT2D eigenvalue weighted by Crippen LogP contribution is 2.49. The molecule has 0 N–H and O–H groups in total. The summed E-state index contributed by atoms with van der Waals surface area (Å²) in [6, 6.07) is 0. The number of amides is 1. The zero-order chi connectivity index (χ0) is 23.7. The van der Waals surface area contributed by atoms with Gasteiger partial charge in [-0.1, -0.05) is 0 Å². The summed E-state index contributed by atoms with van der Waals surface area (Å²) >= 11 is 1.66. The van der Waals surface area contributed by atoms with Crippen molar-refractivity contribution < 1.29 is 18.0 Å². The Morgan fingerprint density at radius 3 is 2.82 bits per heavy atom. The SMILES string of the molecule is Cc1cnc(CC(=O)N=CC2CCC(CCN3CCc4sc(C5CC(F)(F)C5)nc4C3)CC2)o1. The molecule has 2 saturated carbocycles. The molecule has 2 aliphatic carbocycles. The molecule has 2 aromatic rings. The van der Waals surface area contributed by atoms with Gasteiger partial charge in [-0.3, -0.25) is 9.69 Å². The van der Waals surface area contributed by atoms with Crippen LogP contribution in [0.2, 0.25) is 0 Å². The van der Waals surface area contributed by atoms with Crippen molar-refractivity contribution in [2.24, 2.45) is 16.8 Å². The molecule has 5 rings (SSSR count). The summed E-state index contributed by atoms with van der Waals surface area (Å²) in [5.74, 6) is -0.528. The van der Waals surface area contributed by atoms with Crippen LogP contribution in [0.4, 0.5) is 8.78 Å². The van der Waals surface area contributed by atoms with Gasteiger partial charge in [0.2, 0.25) is 11.8 Å². The zero-order valence-electron chi connectivity index (χ0n) is 19.6. The molecule has 0 atom stereocenters. The van der Waals surface area contributed by atoms with Crippen molar-refractivity contribution in [1.29, 1.82) is 0 Å². The van der Waals surface area contributed by atoms with Gasteiger partial charge in [-0.25, -0.2) is 23.7 Å². The summed E-state index contributed by atoms with van der Waals surface area (Å²) in [4.78, 5) is 28.7. The first kappa shape index (κ1) is 23.7. The number of thiazole rings is 1. The molecule has 34 heavy (non-hydrogen) atoms. The van der Waals surface area contributed by atoms with E-state index in [0.717, 1.165) is 49.6 Å². The van der Waals surface area contributed by atoms with E-state index in [9.17, 15) is 13.6 Å². The third-order valence-corrected chi connectivity index (χ3v) is 8.73. The van der Waals surface area contributed by atoms with Gasteiger partial charge in [-0.2, -0.15) is 0 Å². The van der Waals surface area contributed by atoms with Crippen LogP contribution in [0.3, 0.4) is 0 Å². The van der Waals surface area contributed by atoms with E-state index >= 15 is 0 Å². The Hall–Kier alpha value is -2.00. The fourth-order valence-electron chi connectivity index (χ4n) is 5.31. The fourth-order valence-corrected chi connectivity index (χ4v) is 6.47. The van der Waals surface area contributed by atoms with Crippen molar-refractivity contribution in [2.75, 3.05) is 13.1 Å². The first-order valence-corrected chi connectivity index (χ1v) is 13.2. The highest BCUT2D eigenvalue weighted by Gasteiger charge is 2.47. The quantitative estimate of drug-likeness (QED) is 0.490. The average molecular weight is 491 g/mol. The van der Waals surface area contributed by atoms with Gasteiger partial charge in [-0.05, 0) is 63.8 Å². The van der Waals surface area contributed by atoms with Crippen LogP contribution in [0.1, 0.15) is 78.1 Å². The lowest BCUT2D eigenvalue weighted by Crippen LogP contribution is -2.33. The molecule has 0 unspecified atom stereocenters. The Balaban J connectivity index is 1.02. The fraction of sp³-hybridized carbons (Fsp3) is 0.680. The molecule has 6 nitrogen and oxygen atoms in total. The topological polar surface area (TPSA) is 71.6 Å². The van der Waals surface area contributed by atoms with E-state index in [1.54, 1.807) is 17.5 Å². The summed E-state index contributed by atoms with van der Waals surface area (Å²) in [7, 11) is 0. The number of aliphatic imine (C=N–C) groups is 1. The van der Waals surface area contributed by atoms with Gasteiger partial charge >= 0.3 is 0 Å². The second-order valence-corrected chi connectivity index (χ2v) is 11.3. The van der Waals surface area contributed by atoms with E-state index < -0.39 is 5.92 Å². The number of carbonyl (C=O) groups excluding carboxylic acids is 1. The third kappa shape index (κ3) is 5.79. The lowest BCUT2D eigenvalue weighted by atomic mass is 9.81. The van der Waals surface area contributed by atoms with Crippen LogP contribution >= 0.6 is 11.3 Å². The number of aryl methyl sites for hydroxylation is 1. The van der Waals surface area contributed by atoms with E-state index in [2.05, 4.69) is 14.9 Å². The summed E-state index contributed by atoms with van der Waals surface area (Å²) in [5.41, 5.74) is 1.12. The molecule has 1 aliphatic heterocycles. The van der Waals surface area contributed by atoms with Crippen molar-refractivity contribution in [3.8, 4) is 0 Å². The second-order valence-electron chi connectivity index (χ2n) is 10.2. The molecule has 0 saturated heterocycles. The van der Waals surface area contributed by atoms with Crippen molar-refractivity contribution in [1.82, 2.24) is 14.9 Å². The van der Waals surface area contributed by atoms with Crippen LogP contribution < -0.4 is 0 Å². The van der Waals surface area contributed by atoms with Gasteiger partial charge in [0.15, 0.2) is 0 Å². The summed E-state index contributed by atoms with van der Waals surface area (Å²) in [6.45, 7) is 4.75. The first-order chi connectivity index (χ1) is 16.3. The Morgan fingerprint density at radius 1 is 1.32 bits per heavy atom. The number of fused-ring (bicyclic) bond motifs is 1. The van der Waals surface area contributed by atoms with E-state index in [1.165, 1.54) is 24.1 Å². The molecule has 0 spiro atoms. The van der Waals surface area contributed by atoms with Crippen LogP contribution in [0, 0.1) is 18.8 Å². The minimum Gasteiger partial charge on any atom is -0.445 e. The molecular formula is C25H32F2N4O2S. The Labute approximate surface area is 202 Å². The zero-order valence-corrected chi connectivity index (χ0v) is 20.5. The molecule has 1 amide bonds. The number of halogens is 2. The maximum atomic E-state index is 13.2. The van der Waals surface area contributed by atoms with Gasteiger partial charge in [0.1, 0.15) is 12.2 Å². The van der Waals surface area contributed by atoms with Crippen molar-refractivity contribution in [3.63, 3.8) is 0 Å². The predicted octanol–water partition coefficient (Wildman–Crippen LogP) is 5.35. The maximum absolute atomic E-state index is 13.2. The number of alkyl halides is 2. The molecule has 2 fully saturated rings. The van der Waals surface area contributed by atoms with Crippen molar-refractivity contribution in [2.45, 2.75) is 83.1 Å². The van der Waals surface area contributed by atoms with Gasteiger partial charge in [0, 0.05) is 42.9 Å². The summed E-state index contributed by atoms with van der Waals surface area (Å²) in [5, 5.41) is 0.923. The number of aromatic nitrogens is 2. The normalized spacial score (nSPS) is 25.4. The molecule has 3 heterocycles. The molecule has 9 heteroatoms. The third-order valence-electron chi connectivity index (χ3n) is 7.41. The molecular weight excluding hydrogens is 458 g/mol. The number of hydrogen-bond donors (Lipinski definition) is 0. The Kier molecular flexibility index (Phi) is 6.93. The monoisotopic (exact) mass is 490 g/mol. The first-order valence-electron chi connectivity index (χ1n) is 12.4. The lowest BCUT2D eigenvalue weighted by molar-refractivity contribution is -0.117. The highest BCUT2D eigenvalue weighted by molar-refractivity contribution is 7.11. The second kappa shape index (κ2) is 9.93. The average Bonchev–Trinajstić information content (AvgIpc) is 3.40. The lowest BCUT2D eigenvalue weighted by Gasteiger charge is -2.33. The van der Waals surface area contributed by atoms with Gasteiger partial charge in [0.25, 0.3) is 5.91 Å². The smallest absolute Gasteiger partial charge is 0.254 e. The Bertz CT molecular complexity index is 1030.